The van der Waals surface area contributed by atoms with Crippen LogP contribution in [0.3, 0.4) is 0 Å². The molecule has 37 heavy (non-hydrogen) atoms. The molecule has 0 aliphatic carbocycles. The first-order valence-corrected chi connectivity index (χ1v) is 12.8. The predicted octanol–water partition coefficient (Wildman–Crippen LogP) is 6.01. The Balaban J connectivity index is 1.61. The molecule has 1 unspecified atom stereocenters. The van der Waals surface area contributed by atoms with Gasteiger partial charge < -0.3 is 15.3 Å². The largest absolute Gasteiger partial charge is 0.465 e. The van der Waals surface area contributed by atoms with Crippen molar-refractivity contribution in [3.05, 3.63) is 47.4 Å². The van der Waals surface area contributed by atoms with Crippen molar-refractivity contribution in [2.45, 2.75) is 59.0 Å². The highest BCUT2D eigenvalue weighted by atomic mass is 35.5. The third-order valence-electron chi connectivity index (χ3n) is 6.50. The predicted molar refractivity (Wildman–Crippen MR) is 146 cm³/mol. The first kappa shape index (κ1) is 26.6. The molecular formula is C27H33ClN6O3. The molecule has 9 nitrogen and oxygen atoms in total. The molecule has 1 fully saturated rings. The topological polar surface area (TPSA) is 112 Å². The van der Waals surface area contributed by atoms with E-state index in [1.807, 2.05) is 46.8 Å². The molecule has 0 spiro atoms. The summed E-state index contributed by atoms with van der Waals surface area (Å²) in [6.45, 7) is 10.8. The number of anilines is 3. The summed E-state index contributed by atoms with van der Waals surface area (Å²) in [5.74, 6) is 0.503. The average Bonchev–Trinajstić information content (AvgIpc) is 2.83. The van der Waals surface area contributed by atoms with Gasteiger partial charge in [-0.1, -0.05) is 25.4 Å². The maximum Gasteiger partial charge on any atom is 0.408 e. The second-order valence-electron chi connectivity index (χ2n) is 10.7. The summed E-state index contributed by atoms with van der Waals surface area (Å²) in [6.07, 6.45) is 4.07. The van der Waals surface area contributed by atoms with Crippen molar-refractivity contribution in [2.24, 2.45) is 5.92 Å². The Morgan fingerprint density at radius 3 is 2.54 bits per heavy atom. The van der Waals surface area contributed by atoms with Gasteiger partial charge in [-0.15, -0.1) is 0 Å². The van der Waals surface area contributed by atoms with Crippen molar-refractivity contribution >= 4 is 51.7 Å². The van der Waals surface area contributed by atoms with Crippen LogP contribution in [-0.4, -0.2) is 61.5 Å². The molecule has 0 bridgehead atoms. The lowest BCUT2D eigenvalue weighted by Gasteiger charge is -2.44. The van der Waals surface area contributed by atoms with Gasteiger partial charge in [0.1, 0.15) is 16.5 Å². The van der Waals surface area contributed by atoms with Gasteiger partial charge in [0.2, 0.25) is 0 Å². The number of fused-ring (bicyclic) bond motifs is 1. The van der Waals surface area contributed by atoms with E-state index in [0.717, 1.165) is 25.2 Å². The second-order valence-corrected chi connectivity index (χ2v) is 11.1. The van der Waals surface area contributed by atoms with E-state index in [1.54, 1.807) is 29.4 Å². The lowest BCUT2D eigenvalue weighted by Crippen LogP contribution is -2.57. The van der Waals surface area contributed by atoms with Gasteiger partial charge in [0.05, 0.1) is 34.7 Å². The molecule has 1 amide bonds. The second kappa shape index (κ2) is 10.5. The van der Waals surface area contributed by atoms with Gasteiger partial charge in [0.15, 0.2) is 5.78 Å². The smallest absolute Gasteiger partial charge is 0.408 e. The molecule has 10 heteroatoms. The Labute approximate surface area is 221 Å². The number of halogens is 1. The molecule has 1 saturated heterocycles. The van der Waals surface area contributed by atoms with Crippen LogP contribution in [0.15, 0.2) is 36.7 Å². The first-order chi connectivity index (χ1) is 17.5. The van der Waals surface area contributed by atoms with Crippen LogP contribution >= 0.6 is 11.6 Å². The fraction of sp³-hybridized carbons (Fsp3) is 0.444. The van der Waals surface area contributed by atoms with Crippen LogP contribution in [0, 0.1) is 5.92 Å². The van der Waals surface area contributed by atoms with Gasteiger partial charge in [-0.3, -0.25) is 14.7 Å². The van der Waals surface area contributed by atoms with Crippen LogP contribution in [0.4, 0.5) is 22.0 Å². The normalized spacial score (nSPS) is 16.2. The molecule has 0 radical (unpaired) electrons. The van der Waals surface area contributed by atoms with Crippen molar-refractivity contribution in [1.29, 1.82) is 0 Å². The maximum absolute atomic E-state index is 12.9. The molecule has 1 aliphatic heterocycles. The summed E-state index contributed by atoms with van der Waals surface area (Å²) < 4.78 is 0. The number of carbonyl (C=O) groups excluding carboxylic acids is 1. The van der Waals surface area contributed by atoms with E-state index >= 15 is 0 Å². The highest BCUT2D eigenvalue weighted by Gasteiger charge is 2.36. The SMILES string of the molecule is CC(C)C(=O)c1cnc2ccc(Cl)nc2c1Nc1ccc(N2CCCC(N(C(=O)O)C(C)(C)C)C2)nc1. The number of ketones is 1. The number of aromatic nitrogens is 3. The van der Waals surface area contributed by atoms with Crippen molar-refractivity contribution in [3.63, 3.8) is 0 Å². The number of nitrogens with zero attached hydrogens (tertiary/aromatic N) is 5. The van der Waals surface area contributed by atoms with Crippen molar-refractivity contribution in [3.8, 4) is 0 Å². The van der Waals surface area contributed by atoms with Crippen LogP contribution in [0.25, 0.3) is 11.0 Å². The highest BCUT2D eigenvalue weighted by Crippen LogP contribution is 2.31. The van der Waals surface area contributed by atoms with Crippen LogP contribution in [0.2, 0.25) is 5.15 Å². The Morgan fingerprint density at radius 1 is 1.16 bits per heavy atom. The number of nitrogens with one attached hydrogen (secondary N) is 1. The zero-order valence-corrected chi connectivity index (χ0v) is 22.6. The minimum absolute atomic E-state index is 0.0514. The van der Waals surface area contributed by atoms with E-state index in [2.05, 4.69) is 25.2 Å². The summed E-state index contributed by atoms with van der Waals surface area (Å²) in [5.41, 5.74) is 2.31. The Morgan fingerprint density at radius 2 is 1.92 bits per heavy atom. The molecule has 3 aromatic rings. The van der Waals surface area contributed by atoms with Gasteiger partial charge in [-0.25, -0.2) is 14.8 Å². The van der Waals surface area contributed by atoms with Crippen LogP contribution < -0.4 is 10.2 Å². The minimum atomic E-state index is -0.906. The standard InChI is InChI=1S/C27H33ClN6O3/c1-16(2)25(35)19-14-29-20-9-10-21(28)32-24(20)23(19)31-17-8-11-22(30-13-17)33-12-6-7-18(15-33)34(26(36)37)27(3,4)5/h8-11,13-14,16,18H,6-7,12,15H2,1-5H3,(H,29,31)(H,36,37). The number of rotatable bonds is 6. The Kier molecular flexibility index (Phi) is 7.54. The van der Waals surface area contributed by atoms with E-state index in [-0.39, 0.29) is 17.7 Å². The number of hydrogen-bond donors (Lipinski definition) is 2. The van der Waals surface area contributed by atoms with Crippen LogP contribution in [0.1, 0.15) is 57.8 Å². The van der Waals surface area contributed by atoms with Gasteiger partial charge >= 0.3 is 6.09 Å². The van der Waals surface area contributed by atoms with E-state index in [1.165, 1.54) is 0 Å². The molecule has 196 valence electrons. The fourth-order valence-corrected chi connectivity index (χ4v) is 4.97. The number of pyridine rings is 3. The number of hydrogen-bond acceptors (Lipinski definition) is 7. The highest BCUT2D eigenvalue weighted by molar-refractivity contribution is 6.30. The summed E-state index contributed by atoms with van der Waals surface area (Å²) >= 11 is 6.17. The van der Waals surface area contributed by atoms with E-state index in [0.29, 0.717) is 39.7 Å². The molecule has 2 N–H and O–H groups in total. The molecule has 1 aliphatic rings. The Hall–Kier alpha value is -3.46. The lowest BCUT2D eigenvalue weighted by atomic mass is 9.97. The van der Waals surface area contributed by atoms with Crippen molar-refractivity contribution < 1.29 is 14.7 Å². The average molecular weight is 525 g/mol. The zero-order chi connectivity index (χ0) is 26.9. The molecule has 4 heterocycles. The molecule has 3 aromatic heterocycles. The third-order valence-corrected chi connectivity index (χ3v) is 6.71. The van der Waals surface area contributed by atoms with Crippen LogP contribution in [0.5, 0.6) is 0 Å². The molecule has 4 rings (SSSR count). The van der Waals surface area contributed by atoms with Gasteiger partial charge in [-0.05, 0) is 57.9 Å². The van der Waals surface area contributed by atoms with Crippen molar-refractivity contribution in [1.82, 2.24) is 19.9 Å². The lowest BCUT2D eigenvalue weighted by molar-refractivity contribution is 0.0647. The number of carboxylic acid groups (broad SMARTS) is 1. The summed E-state index contributed by atoms with van der Waals surface area (Å²) in [4.78, 5) is 42.1. The molecular weight excluding hydrogens is 492 g/mol. The number of carbonyl (C=O) groups is 2. The number of amides is 1. The minimum Gasteiger partial charge on any atom is -0.465 e. The van der Waals surface area contributed by atoms with E-state index < -0.39 is 11.6 Å². The van der Waals surface area contributed by atoms with Gasteiger partial charge in [0.25, 0.3) is 0 Å². The quantitative estimate of drug-likeness (QED) is 0.298. The Bertz CT molecular complexity index is 1310. The maximum atomic E-state index is 12.9. The monoisotopic (exact) mass is 524 g/mol. The molecule has 1 atom stereocenters. The van der Waals surface area contributed by atoms with Crippen LogP contribution in [-0.2, 0) is 0 Å². The number of piperidine rings is 1. The summed E-state index contributed by atoms with van der Waals surface area (Å²) in [6, 6.07) is 7.12. The number of Topliss-reactive ketones (excluding diaryl/α,β-unsaturated/α-hetero) is 1. The van der Waals surface area contributed by atoms with E-state index in [4.69, 9.17) is 11.6 Å². The zero-order valence-electron chi connectivity index (χ0n) is 21.8. The third kappa shape index (κ3) is 5.77. The first-order valence-electron chi connectivity index (χ1n) is 12.5. The summed E-state index contributed by atoms with van der Waals surface area (Å²) in [5, 5.41) is 13.5. The van der Waals surface area contributed by atoms with Gasteiger partial charge in [0, 0.05) is 30.7 Å². The fourth-order valence-electron chi connectivity index (χ4n) is 4.82. The molecule has 0 saturated carbocycles. The van der Waals surface area contributed by atoms with E-state index in [9.17, 15) is 14.7 Å². The molecule has 0 aromatic carbocycles. The summed E-state index contributed by atoms with van der Waals surface area (Å²) in [7, 11) is 0. The van der Waals surface area contributed by atoms with Crippen molar-refractivity contribution in [2.75, 3.05) is 23.3 Å². The van der Waals surface area contributed by atoms with Gasteiger partial charge in [-0.2, -0.15) is 0 Å².